The van der Waals surface area contributed by atoms with Gasteiger partial charge in [0.1, 0.15) is 16.5 Å². The molecule has 0 unspecified atom stereocenters. The number of nitrogens with zero attached hydrogens (tertiary/aromatic N) is 3. The normalized spacial score (nSPS) is 12.8. The summed E-state index contributed by atoms with van der Waals surface area (Å²) in [5.41, 5.74) is 4.57. The monoisotopic (exact) mass is 303 g/mol. The molecule has 0 fully saturated rings. The minimum Gasteiger partial charge on any atom is -0.270 e. The predicted molar refractivity (Wildman–Crippen MR) is 89.5 cm³/mol. The lowest BCUT2D eigenvalue weighted by Crippen LogP contribution is -2.04. The van der Waals surface area contributed by atoms with Crippen LogP contribution in [0, 0.1) is 13.8 Å². The molecule has 2 aromatic heterocycles. The maximum atomic E-state index is 4.67. The van der Waals surface area contributed by atoms with Crippen LogP contribution in [-0.4, -0.2) is 14.4 Å². The van der Waals surface area contributed by atoms with E-state index in [1.807, 2.05) is 24.0 Å². The van der Waals surface area contributed by atoms with Crippen molar-refractivity contribution in [3.63, 3.8) is 0 Å². The first-order valence-electron chi connectivity index (χ1n) is 7.28. The molecule has 0 saturated heterocycles. The van der Waals surface area contributed by atoms with Gasteiger partial charge in [0.25, 0.3) is 0 Å². The van der Waals surface area contributed by atoms with Crippen molar-refractivity contribution in [2.45, 2.75) is 23.8 Å². The van der Waals surface area contributed by atoms with Gasteiger partial charge in [0.2, 0.25) is 0 Å². The second-order valence-corrected chi connectivity index (χ2v) is 6.66. The van der Waals surface area contributed by atoms with Crippen molar-refractivity contribution in [3.05, 3.63) is 53.9 Å². The third-order valence-corrected chi connectivity index (χ3v) is 5.75. The van der Waals surface area contributed by atoms with Crippen LogP contribution in [-0.2, 0) is 0 Å². The van der Waals surface area contributed by atoms with Crippen LogP contribution in [0.4, 0.5) is 0 Å². The Bertz CT molecular complexity index is 1080. The van der Waals surface area contributed by atoms with E-state index in [1.54, 1.807) is 0 Å². The molecule has 0 aliphatic carbocycles. The summed E-state index contributed by atoms with van der Waals surface area (Å²) in [5.74, 6) is 0.996. The van der Waals surface area contributed by atoms with E-state index in [0.717, 1.165) is 17.2 Å². The lowest BCUT2D eigenvalue weighted by atomic mass is 10.0. The van der Waals surface area contributed by atoms with E-state index >= 15 is 0 Å². The first-order chi connectivity index (χ1) is 10.7. The SMILES string of the molecule is Cc1nc2ccnc3n2c1Sc1c-3cc2ccccc2c1C. The standard InChI is InChI=1S/C18H13N3S/c1-10-13-6-4-3-5-12(13)9-14-16(10)22-18-11(2)20-15-7-8-19-17(14)21(15)18/h3-9H,1-2H3. The van der Waals surface area contributed by atoms with Crippen LogP contribution in [0.25, 0.3) is 27.8 Å². The van der Waals surface area contributed by atoms with Crippen molar-refractivity contribution in [2.75, 3.05) is 0 Å². The van der Waals surface area contributed by atoms with Crippen molar-refractivity contribution in [1.82, 2.24) is 14.4 Å². The molecule has 0 radical (unpaired) electrons. The molecule has 0 bridgehead atoms. The molecule has 0 atom stereocenters. The van der Waals surface area contributed by atoms with E-state index in [0.29, 0.717) is 0 Å². The highest BCUT2D eigenvalue weighted by Crippen LogP contribution is 2.46. The Balaban J connectivity index is 1.98. The Labute approximate surface area is 132 Å². The van der Waals surface area contributed by atoms with Crippen LogP contribution in [0.3, 0.4) is 0 Å². The zero-order chi connectivity index (χ0) is 14.8. The van der Waals surface area contributed by atoms with Gasteiger partial charge < -0.3 is 0 Å². The summed E-state index contributed by atoms with van der Waals surface area (Å²) in [6, 6.07) is 12.8. The highest BCUT2D eigenvalue weighted by molar-refractivity contribution is 7.99. The van der Waals surface area contributed by atoms with Gasteiger partial charge in [0, 0.05) is 16.7 Å². The first-order valence-corrected chi connectivity index (χ1v) is 8.10. The molecule has 106 valence electrons. The van der Waals surface area contributed by atoms with Crippen LogP contribution < -0.4 is 0 Å². The van der Waals surface area contributed by atoms with E-state index in [4.69, 9.17) is 0 Å². The third-order valence-electron chi connectivity index (χ3n) is 4.35. The largest absolute Gasteiger partial charge is 0.270 e. The Morgan fingerprint density at radius 1 is 1.09 bits per heavy atom. The number of aryl methyl sites for hydroxylation is 2. The minimum absolute atomic E-state index is 0.974. The van der Waals surface area contributed by atoms with E-state index in [-0.39, 0.29) is 0 Å². The van der Waals surface area contributed by atoms with Gasteiger partial charge in [-0.1, -0.05) is 36.0 Å². The van der Waals surface area contributed by atoms with Crippen molar-refractivity contribution < 1.29 is 0 Å². The minimum atomic E-state index is 0.974. The van der Waals surface area contributed by atoms with Gasteiger partial charge in [-0.25, -0.2) is 9.97 Å². The van der Waals surface area contributed by atoms with Crippen LogP contribution >= 0.6 is 11.8 Å². The summed E-state index contributed by atoms with van der Waals surface area (Å²) < 4.78 is 2.18. The molecule has 2 aromatic carbocycles. The van der Waals surface area contributed by atoms with E-state index in [9.17, 15) is 0 Å². The maximum absolute atomic E-state index is 4.67. The molecule has 1 aliphatic heterocycles. The van der Waals surface area contributed by atoms with E-state index < -0.39 is 0 Å². The summed E-state index contributed by atoms with van der Waals surface area (Å²) >= 11 is 1.81. The lowest BCUT2D eigenvalue weighted by molar-refractivity contribution is 0.966. The fraction of sp³-hybridized carbons (Fsp3) is 0.111. The Morgan fingerprint density at radius 2 is 1.95 bits per heavy atom. The van der Waals surface area contributed by atoms with Gasteiger partial charge in [-0.3, -0.25) is 4.40 Å². The molecule has 0 spiro atoms. The fourth-order valence-corrected chi connectivity index (χ4v) is 4.48. The van der Waals surface area contributed by atoms with Crippen LogP contribution in [0.2, 0.25) is 0 Å². The first kappa shape index (κ1) is 12.2. The van der Waals surface area contributed by atoms with Crippen molar-refractivity contribution >= 4 is 28.2 Å². The molecule has 1 aliphatic rings. The van der Waals surface area contributed by atoms with Gasteiger partial charge in [-0.15, -0.1) is 0 Å². The summed E-state index contributed by atoms with van der Waals surface area (Å²) in [6.45, 7) is 4.27. The number of benzene rings is 2. The number of aromatic nitrogens is 3. The smallest absolute Gasteiger partial charge is 0.147 e. The zero-order valence-corrected chi connectivity index (χ0v) is 13.1. The number of hydrogen-bond acceptors (Lipinski definition) is 3. The van der Waals surface area contributed by atoms with Crippen molar-refractivity contribution in [3.8, 4) is 11.4 Å². The molecule has 4 aromatic rings. The molecule has 0 saturated carbocycles. The van der Waals surface area contributed by atoms with Crippen LogP contribution in [0.15, 0.2) is 52.5 Å². The average Bonchev–Trinajstić information content (AvgIpc) is 2.86. The summed E-state index contributed by atoms with van der Waals surface area (Å²) in [7, 11) is 0. The van der Waals surface area contributed by atoms with Crippen LogP contribution in [0.5, 0.6) is 0 Å². The summed E-state index contributed by atoms with van der Waals surface area (Å²) in [6.07, 6.45) is 1.85. The molecule has 4 heteroatoms. The van der Waals surface area contributed by atoms with Gasteiger partial charge in [0.05, 0.1) is 5.69 Å². The molecule has 0 N–H and O–H groups in total. The number of fused-ring (bicyclic) bond motifs is 3. The molecule has 3 nitrogen and oxygen atoms in total. The number of imidazole rings is 1. The topological polar surface area (TPSA) is 30.2 Å². The average molecular weight is 303 g/mol. The van der Waals surface area contributed by atoms with Crippen LogP contribution in [0.1, 0.15) is 11.3 Å². The molecule has 5 rings (SSSR count). The predicted octanol–water partition coefficient (Wildman–Crippen LogP) is 4.63. The Kier molecular flexibility index (Phi) is 2.29. The molecular weight excluding hydrogens is 290 g/mol. The molecule has 3 heterocycles. The lowest BCUT2D eigenvalue weighted by Gasteiger charge is -2.20. The third kappa shape index (κ3) is 1.43. The van der Waals surface area contributed by atoms with Crippen molar-refractivity contribution in [2.24, 2.45) is 0 Å². The summed E-state index contributed by atoms with van der Waals surface area (Å²) in [5, 5.41) is 3.76. The molecular formula is C18H13N3S. The molecule has 22 heavy (non-hydrogen) atoms. The summed E-state index contributed by atoms with van der Waals surface area (Å²) in [4.78, 5) is 10.6. The van der Waals surface area contributed by atoms with Gasteiger partial charge in [-0.2, -0.15) is 0 Å². The second kappa shape index (κ2) is 4.11. The Morgan fingerprint density at radius 3 is 2.86 bits per heavy atom. The Hall–Kier alpha value is -2.33. The molecule has 0 amide bonds. The quantitative estimate of drug-likeness (QED) is 0.418. The van der Waals surface area contributed by atoms with Gasteiger partial charge in [-0.05, 0) is 42.3 Å². The van der Waals surface area contributed by atoms with Gasteiger partial charge >= 0.3 is 0 Å². The number of hydrogen-bond donors (Lipinski definition) is 0. The maximum Gasteiger partial charge on any atom is 0.147 e. The zero-order valence-electron chi connectivity index (χ0n) is 12.3. The number of rotatable bonds is 0. The second-order valence-electron chi connectivity index (χ2n) is 5.67. The fourth-order valence-electron chi connectivity index (χ4n) is 3.30. The highest BCUT2D eigenvalue weighted by Gasteiger charge is 2.25. The van der Waals surface area contributed by atoms with E-state index in [2.05, 4.69) is 58.5 Å². The van der Waals surface area contributed by atoms with Crippen molar-refractivity contribution in [1.29, 1.82) is 0 Å². The highest BCUT2D eigenvalue weighted by atomic mass is 32.2. The van der Waals surface area contributed by atoms with E-state index in [1.165, 1.54) is 31.8 Å². The van der Waals surface area contributed by atoms with Gasteiger partial charge in [0.15, 0.2) is 0 Å².